The Morgan fingerprint density at radius 3 is 2.37 bits per heavy atom. The second-order valence-corrected chi connectivity index (χ2v) is 10.7. The summed E-state index contributed by atoms with van der Waals surface area (Å²) in [4.78, 5) is 17.7. The summed E-state index contributed by atoms with van der Waals surface area (Å²) >= 11 is 7.66. The molecule has 0 spiro atoms. The molecule has 1 aliphatic heterocycles. The van der Waals surface area contributed by atoms with E-state index in [4.69, 9.17) is 11.6 Å². The highest BCUT2D eigenvalue weighted by Crippen LogP contribution is 2.28. The molecule has 30 heavy (non-hydrogen) atoms. The number of thiazole rings is 1. The highest BCUT2D eigenvalue weighted by Gasteiger charge is 2.26. The van der Waals surface area contributed by atoms with Gasteiger partial charge >= 0.3 is 0 Å². The fourth-order valence-corrected chi connectivity index (χ4v) is 6.57. The Bertz CT molecular complexity index is 1290. The van der Waals surface area contributed by atoms with E-state index in [1.54, 1.807) is 0 Å². The zero-order valence-electron chi connectivity index (χ0n) is 16.8. The van der Waals surface area contributed by atoms with Crippen LogP contribution in [0.4, 0.5) is 0 Å². The van der Waals surface area contributed by atoms with Gasteiger partial charge in [-0.05, 0) is 55.7 Å². The van der Waals surface area contributed by atoms with Crippen LogP contribution in [-0.2, 0) is 17.1 Å². The Morgan fingerprint density at radius 1 is 1.07 bits per heavy atom. The number of halogens is 1. The number of amides is 1. The topological polar surface area (TPSA) is 71.7 Å². The average molecular weight is 464 g/mol. The van der Waals surface area contributed by atoms with E-state index in [0.717, 1.165) is 35.0 Å². The number of hydrogen-bond acceptors (Lipinski definition) is 4. The molecular formula is C21H22ClN3O3S2. The predicted octanol–water partition coefficient (Wildman–Crippen LogP) is 4.12. The molecular weight excluding hydrogens is 442 g/mol. The Hall–Kier alpha value is -2.00. The Balaban J connectivity index is 1.65. The van der Waals surface area contributed by atoms with Gasteiger partial charge in [0.2, 0.25) is 10.0 Å². The van der Waals surface area contributed by atoms with E-state index in [0.29, 0.717) is 28.5 Å². The Morgan fingerprint density at radius 2 is 1.73 bits per heavy atom. The van der Waals surface area contributed by atoms with E-state index in [2.05, 4.69) is 4.99 Å². The number of piperidine rings is 1. The number of fused-ring (bicyclic) bond motifs is 1. The predicted molar refractivity (Wildman–Crippen MR) is 119 cm³/mol. The zero-order chi connectivity index (χ0) is 21.5. The third kappa shape index (κ3) is 3.85. The molecule has 1 amide bonds. The largest absolute Gasteiger partial charge is 0.319 e. The van der Waals surface area contributed by atoms with Gasteiger partial charge < -0.3 is 4.57 Å². The van der Waals surface area contributed by atoms with Gasteiger partial charge in [-0.1, -0.05) is 35.4 Å². The van der Waals surface area contributed by atoms with Gasteiger partial charge in [0.1, 0.15) is 0 Å². The average Bonchev–Trinajstić information content (AvgIpc) is 3.09. The van der Waals surface area contributed by atoms with Crippen LogP contribution in [0.5, 0.6) is 0 Å². The molecule has 2 heterocycles. The number of rotatable bonds is 3. The van der Waals surface area contributed by atoms with E-state index in [9.17, 15) is 13.2 Å². The summed E-state index contributed by atoms with van der Waals surface area (Å²) in [5.74, 6) is -0.423. The van der Waals surface area contributed by atoms with Crippen molar-refractivity contribution in [3.05, 3.63) is 57.3 Å². The fraction of sp³-hybridized carbons (Fsp3) is 0.333. The molecule has 1 saturated heterocycles. The monoisotopic (exact) mass is 463 g/mol. The second kappa shape index (κ2) is 8.26. The molecule has 6 nitrogen and oxygen atoms in total. The van der Waals surface area contributed by atoms with Gasteiger partial charge in [0.15, 0.2) is 4.80 Å². The first-order valence-electron chi connectivity index (χ1n) is 9.73. The minimum Gasteiger partial charge on any atom is -0.319 e. The van der Waals surface area contributed by atoms with Gasteiger partial charge in [-0.2, -0.15) is 9.30 Å². The molecule has 2 aromatic carbocycles. The lowest BCUT2D eigenvalue weighted by molar-refractivity contribution is 0.0998. The molecule has 3 aromatic rings. The lowest BCUT2D eigenvalue weighted by Gasteiger charge is -2.25. The standard InChI is InChI=1S/C21H22ClN3O3S2/c1-14-6-11-17(22)19-18(14)24(2)21(29-19)23-20(26)15-7-9-16(10-8-15)30(27,28)25-12-4-3-5-13-25/h6-11H,3-5,12-13H2,1-2H3. The molecule has 0 unspecified atom stereocenters. The third-order valence-electron chi connectivity index (χ3n) is 5.35. The highest BCUT2D eigenvalue weighted by atomic mass is 35.5. The molecule has 0 N–H and O–H groups in total. The maximum absolute atomic E-state index is 12.8. The summed E-state index contributed by atoms with van der Waals surface area (Å²) in [6, 6.07) is 9.78. The van der Waals surface area contributed by atoms with Crippen molar-refractivity contribution in [1.29, 1.82) is 0 Å². The maximum atomic E-state index is 12.8. The molecule has 0 atom stereocenters. The first kappa shape index (κ1) is 21.2. The molecule has 0 radical (unpaired) electrons. The van der Waals surface area contributed by atoms with Gasteiger partial charge in [0.25, 0.3) is 5.91 Å². The smallest absolute Gasteiger partial charge is 0.279 e. The number of sulfonamides is 1. The highest BCUT2D eigenvalue weighted by molar-refractivity contribution is 7.89. The van der Waals surface area contributed by atoms with Crippen molar-refractivity contribution in [2.45, 2.75) is 31.1 Å². The van der Waals surface area contributed by atoms with Crippen molar-refractivity contribution in [3.63, 3.8) is 0 Å². The Labute approximate surface area is 184 Å². The lowest BCUT2D eigenvalue weighted by atomic mass is 10.2. The van der Waals surface area contributed by atoms with Crippen LogP contribution < -0.4 is 4.80 Å². The van der Waals surface area contributed by atoms with Crippen molar-refractivity contribution in [2.24, 2.45) is 12.0 Å². The fourth-order valence-electron chi connectivity index (χ4n) is 3.69. The Kier molecular flexibility index (Phi) is 5.85. The normalized spacial score (nSPS) is 16.3. The molecule has 1 aromatic heterocycles. The van der Waals surface area contributed by atoms with Crippen LogP contribution in [0.1, 0.15) is 35.2 Å². The maximum Gasteiger partial charge on any atom is 0.279 e. The third-order valence-corrected chi connectivity index (χ3v) is 8.86. The van der Waals surface area contributed by atoms with Gasteiger partial charge in [-0.3, -0.25) is 4.79 Å². The molecule has 0 bridgehead atoms. The van der Waals surface area contributed by atoms with Crippen LogP contribution in [0.25, 0.3) is 10.2 Å². The van der Waals surface area contributed by atoms with Crippen LogP contribution in [0.3, 0.4) is 0 Å². The van der Waals surface area contributed by atoms with E-state index in [1.807, 2.05) is 30.7 Å². The summed E-state index contributed by atoms with van der Waals surface area (Å²) in [6.45, 7) is 3.07. The van der Waals surface area contributed by atoms with Crippen LogP contribution >= 0.6 is 22.9 Å². The second-order valence-electron chi connectivity index (χ2n) is 7.39. The molecule has 0 saturated carbocycles. The van der Waals surface area contributed by atoms with Crippen LogP contribution in [0.2, 0.25) is 5.02 Å². The summed E-state index contributed by atoms with van der Waals surface area (Å²) in [5, 5.41) is 0.623. The van der Waals surface area contributed by atoms with E-state index in [1.165, 1.54) is 39.9 Å². The van der Waals surface area contributed by atoms with Gasteiger partial charge in [-0.15, -0.1) is 0 Å². The molecule has 1 aliphatic rings. The number of nitrogens with zero attached hydrogens (tertiary/aromatic N) is 3. The van der Waals surface area contributed by atoms with Gasteiger partial charge in [-0.25, -0.2) is 8.42 Å². The molecule has 9 heteroatoms. The minimum absolute atomic E-state index is 0.204. The van der Waals surface area contributed by atoms with E-state index < -0.39 is 15.9 Å². The number of carbonyl (C=O) groups is 1. The first-order valence-corrected chi connectivity index (χ1v) is 12.4. The summed E-state index contributed by atoms with van der Waals surface area (Å²) in [6.07, 6.45) is 2.82. The number of benzene rings is 2. The first-order chi connectivity index (χ1) is 14.3. The van der Waals surface area contributed by atoms with E-state index in [-0.39, 0.29) is 4.90 Å². The van der Waals surface area contributed by atoms with Gasteiger partial charge in [0.05, 0.1) is 20.1 Å². The molecule has 4 rings (SSSR count). The summed E-state index contributed by atoms with van der Waals surface area (Å²) < 4.78 is 29.8. The van der Waals surface area contributed by atoms with Crippen molar-refractivity contribution >= 4 is 49.1 Å². The van der Waals surface area contributed by atoms with Crippen molar-refractivity contribution < 1.29 is 13.2 Å². The lowest BCUT2D eigenvalue weighted by Crippen LogP contribution is -2.35. The molecule has 158 valence electrons. The van der Waals surface area contributed by atoms with Crippen molar-refractivity contribution in [1.82, 2.24) is 8.87 Å². The number of hydrogen-bond donors (Lipinski definition) is 0. The molecule has 0 aliphatic carbocycles. The van der Waals surface area contributed by atoms with Crippen LogP contribution in [0.15, 0.2) is 46.3 Å². The number of aromatic nitrogens is 1. The number of aryl methyl sites for hydroxylation is 2. The minimum atomic E-state index is -3.52. The van der Waals surface area contributed by atoms with Gasteiger partial charge in [0, 0.05) is 25.7 Å². The zero-order valence-corrected chi connectivity index (χ0v) is 19.1. The summed E-state index contributed by atoms with van der Waals surface area (Å²) in [5.41, 5.74) is 2.34. The quantitative estimate of drug-likeness (QED) is 0.586. The van der Waals surface area contributed by atoms with E-state index >= 15 is 0 Å². The molecule has 1 fully saturated rings. The SMILES string of the molecule is Cc1ccc(Cl)c2sc(=NC(=O)c3ccc(S(=O)(=O)N4CCCCC4)cc3)n(C)c12. The van der Waals surface area contributed by atoms with Crippen LogP contribution in [0, 0.1) is 6.92 Å². The summed E-state index contributed by atoms with van der Waals surface area (Å²) in [7, 11) is -1.67. The van der Waals surface area contributed by atoms with Crippen LogP contribution in [-0.4, -0.2) is 36.3 Å². The van der Waals surface area contributed by atoms with Crippen molar-refractivity contribution in [3.8, 4) is 0 Å². The van der Waals surface area contributed by atoms with Crippen molar-refractivity contribution in [2.75, 3.05) is 13.1 Å². The number of carbonyl (C=O) groups excluding carboxylic acids is 1.